The average Bonchev–Trinajstić information content (AvgIpc) is 3.45. The summed E-state index contributed by atoms with van der Waals surface area (Å²) in [6.45, 7) is 2.61. The van der Waals surface area contributed by atoms with E-state index in [9.17, 15) is 18.0 Å². The van der Waals surface area contributed by atoms with Gasteiger partial charge in [0.05, 0.1) is 5.56 Å². The molecular formula is C23H23F3N4O2. The van der Waals surface area contributed by atoms with E-state index in [1.807, 2.05) is 34.1 Å². The van der Waals surface area contributed by atoms with Crippen molar-refractivity contribution in [3.8, 4) is 0 Å². The fourth-order valence-corrected chi connectivity index (χ4v) is 4.51. The molecule has 0 N–H and O–H groups in total. The molecule has 2 aliphatic heterocycles. The van der Waals surface area contributed by atoms with Crippen LogP contribution in [0.5, 0.6) is 0 Å². The highest BCUT2D eigenvalue weighted by molar-refractivity contribution is 5.86. The van der Waals surface area contributed by atoms with Crippen LogP contribution in [-0.4, -0.2) is 54.6 Å². The Hall–Kier alpha value is -3.23. The van der Waals surface area contributed by atoms with Crippen molar-refractivity contribution >= 4 is 28.7 Å². The molecule has 0 aliphatic carbocycles. The first kappa shape index (κ1) is 20.7. The molecule has 6 nitrogen and oxygen atoms in total. The van der Waals surface area contributed by atoms with Crippen molar-refractivity contribution < 1.29 is 22.4 Å². The van der Waals surface area contributed by atoms with Gasteiger partial charge in [-0.1, -0.05) is 18.2 Å². The number of piperazine rings is 1. The Morgan fingerprint density at radius 1 is 1.00 bits per heavy atom. The molecule has 0 spiro atoms. The summed E-state index contributed by atoms with van der Waals surface area (Å²) < 4.78 is 45.0. The zero-order valence-electron chi connectivity index (χ0n) is 17.4. The number of alkyl halides is 3. The van der Waals surface area contributed by atoms with Gasteiger partial charge in [0.15, 0.2) is 5.58 Å². The molecule has 2 saturated heterocycles. The first-order valence-corrected chi connectivity index (χ1v) is 10.7. The molecule has 1 aromatic heterocycles. The second-order valence-electron chi connectivity index (χ2n) is 8.18. The monoisotopic (exact) mass is 444 g/mol. The minimum absolute atomic E-state index is 0.0217. The van der Waals surface area contributed by atoms with Crippen LogP contribution in [0.15, 0.2) is 52.9 Å². The van der Waals surface area contributed by atoms with E-state index >= 15 is 0 Å². The van der Waals surface area contributed by atoms with Crippen LogP contribution < -0.4 is 9.80 Å². The molecule has 0 saturated carbocycles. The lowest BCUT2D eigenvalue weighted by atomic mass is 10.1. The predicted molar refractivity (Wildman–Crippen MR) is 115 cm³/mol. The van der Waals surface area contributed by atoms with Gasteiger partial charge in [0, 0.05) is 38.4 Å². The normalized spacial score (nSPS) is 19.7. The zero-order chi connectivity index (χ0) is 22.3. The number of halogens is 3. The third-order valence-corrected chi connectivity index (χ3v) is 6.20. The van der Waals surface area contributed by atoms with E-state index in [1.165, 1.54) is 12.1 Å². The summed E-state index contributed by atoms with van der Waals surface area (Å²) in [5.41, 5.74) is 1.32. The van der Waals surface area contributed by atoms with E-state index in [-0.39, 0.29) is 11.9 Å². The molecule has 2 aromatic carbocycles. The number of hydrogen-bond acceptors (Lipinski definition) is 5. The number of amides is 1. The van der Waals surface area contributed by atoms with Gasteiger partial charge >= 0.3 is 6.18 Å². The van der Waals surface area contributed by atoms with E-state index in [0.29, 0.717) is 50.0 Å². The second-order valence-corrected chi connectivity index (χ2v) is 8.18. The van der Waals surface area contributed by atoms with Crippen molar-refractivity contribution in [2.24, 2.45) is 0 Å². The Balaban J connectivity index is 1.26. The molecule has 9 heteroatoms. The molecule has 0 unspecified atom stereocenters. The van der Waals surface area contributed by atoms with E-state index in [0.717, 1.165) is 24.4 Å². The molecule has 0 radical (unpaired) electrons. The van der Waals surface area contributed by atoms with Gasteiger partial charge in [-0.15, -0.1) is 0 Å². The summed E-state index contributed by atoms with van der Waals surface area (Å²) in [6, 6.07) is 13.0. The fourth-order valence-electron chi connectivity index (χ4n) is 4.51. The number of benzene rings is 2. The summed E-state index contributed by atoms with van der Waals surface area (Å²) in [5, 5.41) is 0. The molecule has 32 heavy (non-hydrogen) atoms. The summed E-state index contributed by atoms with van der Waals surface area (Å²) in [7, 11) is 0. The number of aromatic nitrogens is 1. The largest absolute Gasteiger partial charge is 0.423 e. The topological polar surface area (TPSA) is 52.8 Å². The maximum Gasteiger partial charge on any atom is 0.416 e. The van der Waals surface area contributed by atoms with E-state index in [4.69, 9.17) is 4.42 Å². The fraction of sp³-hybridized carbons (Fsp3) is 0.391. The van der Waals surface area contributed by atoms with Crippen LogP contribution in [0.3, 0.4) is 0 Å². The smallest absolute Gasteiger partial charge is 0.416 e. The molecule has 2 fully saturated rings. The van der Waals surface area contributed by atoms with Gasteiger partial charge in [0.25, 0.3) is 6.01 Å². The number of anilines is 2. The number of oxazole rings is 1. The molecule has 3 heterocycles. The van der Waals surface area contributed by atoms with Crippen LogP contribution in [0.25, 0.3) is 11.1 Å². The third kappa shape index (κ3) is 3.87. The molecule has 0 bridgehead atoms. The number of carbonyl (C=O) groups excluding carboxylic acids is 1. The van der Waals surface area contributed by atoms with E-state index < -0.39 is 11.7 Å². The van der Waals surface area contributed by atoms with Gasteiger partial charge in [0.2, 0.25) is 5.91 Å². The van der Waals surface area contributed by atoms with Crippen LogP contribution >= 0.6 is 0 Å². The minimum atomic E-state index is -4.37. The molecule has 168 valence electrons. The van der Waals surface area contributed by atoms with Crippen molar-refractivity contribution in [1.82, 2.24) is 9.88 Å². The Morgan fingerprint density at radius 2 is 1.78 bits per heavy atom. The molecule has 1 amide bonds. The lowest BCUT2D eigenvalue weighted by Gasteiger charge is -2.38. The Bertz CT molecular complexity index is 1090. The highest BCUT2D eigenvalue weighted by Crippen LogP contribution is 2.32. The molecular weight excluding hydrogens is 421 g/mol. The maximum absolute atomic E-state index is 13.3. The number of carbonyl (C=O) groups is 1. The maximum atomic E-state index is 13.3. The number of rotatable bonds is 3. The Kier molecular flexibility index (Phi) is 5.19. The van der Waals surface area contributed by atoms with Crippen LogP contribution in [0.1, 0.15) is 18.4 Å². The molecule has 1 atom stereocenters. The van der Waals surface area contributed by atoms with Crippen LogP contribution in [0.2, 0.25) is 0 Å². The number of fused-ring (bicyclic) bond motifs is 1. The van der Waals surface area contributed by atoms with Crippen LogP contribution in [0, 0.1) is 0 Å². The van der Waals surface area contributed by atoms with Crippen molar-refractivity contribution in [3.63, 3.8) is 0 Å². The van der Waals surface area contributed by atoms with Gasteiger partial charge < -0.3 is 19.1 Å². The Morgan fingerprint density at radius 3 is 2.53 bits per heavy atom. The first-order chi connectivity index (χ1) is 15.4. The van der Waals surface area contributed by atoms with Gasteiger partial charge in [-0.2, -0.15) is 18.2 Å². The number of para-hydroxylation sites is 2. The summed E-state index contributed by atoms with van der Waals surface area (Å²) in [5.74, 6) is 0.0217. The van der Waals surface area contributed by atoms with Crippen molar-refractivity contribution in [1.29, 1.82) is 0 Å². The molecule has 5 rings (SSSR count). The van der Waals surface area contributed by atoms with Gasteiger partial charge in [-0.05, 0) is 43.2 Å². The quantitative estimate of drug-likeness (QED) is 0.607. The average molecular weight is 444 g/mol. The van der Waals surface area contributed by atoms with Crippen molar-refractivity contribution in [2.45, 2.75) is 25.1 Å². The summed E-state index contributed by atoms with van der Waals surface area (Å²) >= 11 is 0. The number of hydrogen-bond donors (Lipinski definition) is 0. The molecule has 2 aliphatic rings. The predicted octanol–water partition coefficient (Wildman–Crippen LogP) is 4.16. The highest BCUT2D eigenvalue weighted by atomic mass is 19.4. The van der Waals surface area contributed by atoms with Crippen LogP contribution in [-0.2, 0) is 11.0 Å². The van der Waals surface area contributed by atoms with Crippen molar-refractivity contribution in [3.05, 3.63) is 54.1 Å². The standard InChI is InChI=1S/C23H23F3N4O2/c24-23(25,26)16-5-3-6-17(15-16)28-11-13-29(14-12-28)21(31)19-8-4-10-30(19)22-27-18-7-1-2-9-20(18)32-22/h1-3,5-7,9,15,19H,4,8,10-14H2/t19-/m0/s1. The summed E-state index contributed by atoms with van der Waals surface area (Å²) in [6.07, 6.45) is -2.77. The van der Waals surface area contributed by atoms with Crippen molar-refractivity contribution in [2.75, 3.05) is 42.5 Å². The lowest BCUT2D eigenvalue weighted by Crippen LogP contribution is -2.54. The van der Waals surface area contributed by atoms with Gasteiger partial charge in [-0.25, -0.2) is 0 Å². The SMILES string of the molecule is O=C([C@@H]1CCCN1c1nc2ccccc2o1)N1CCN(c2cccc(C(F)(F)F)c2)CC1. The minimum Gasteiger partial charge on any atom is -0.423 e. The van der Waals surface area contributed by atoms with E-state index in [2.05, 4.69) is 4.98 Å². The number of nitrogens with zero attached hydrogens (tertiary/aromatic N) is 4. The summed E-state index contributed by atoms with van der Waals surface area (Å²) in [4.78, 5) is 23.4. The second kappa shape index (κ2) is 8.03. The Labute approximate surface area is 183 Å². The van der Waals surface area contributed by atoms with Gasteiger partial charge in [0.1, 0.15) is 11.6 Å². The van der Waals surface area contributed by atoms with E-state index in [1.54, 1.807) is 11.0 Å². The van der Waals surface area contributed by atoms with Gasteiger partial charge in [-0.3, -0.25) is 4.79 Å². The van der Waals surface area contributed by atoms with Crippen LogP contribution in [0.4, 0.5) is 24.9 Å². The highest BCUT2D eigenvalue weighted by Gasteiger charge is 2.37. The zero-order valence-corrected chi connectivity index (χ0v) is 17.4. The third-order valence-electron chi connectivity index (χ3n) is 6.20. The lowest BCUT2D eigenvalue weighted by molar-refractivity contribution is -0.137. The molecule has 3 aromatic rings. The first-order valence-electron chi connectivity index (χ1n) is 10.7.